The fraction of sp³-hybridized carbons (Fsp3) is 0.500. The van der Waals surface area contributed by atoms with Gasteiger partial charge in [-0.05, 0) is 24.0 Å². The molecule has 4 heteroatoms. The number of nitrogens with zero attached hydrogens (tertiary/aromatic N) is 1. The van der Waals surface area contributed by atoms with E-state index in [1.807, 2.05) is 13.8 Å². The number of rotatable bonds is 5. The van der Waals surface area contributed by atoms with Crippen LogP contribution in [0.15, 0.2) is 18.3 Å². The molecule has 0 aliphatic heterocycles. The Morgan fingerprint density at radius 2 is 2.25 bits per heavy atom. The SMILES string of the molecule is COc1cc(C(CC(C)C)C(=O)O)ccn1. The van der Waals surface area contributed by atoms with Crippen molar-refractivity contribution in [3.63, 3.8) is 0 Å². The lowest BCUT2D eigenvalue weighted by atomic mass is 9.91. The summed E-state index contributed by atoms with van der Waals surface area (Å²) in [7, 11) is 1.52. The van der Waals surface area contributed by atoms with E-state index in [2.05, 4.69) is 4.98 Å². The van der Waals surface area contributed by atoms with Crippen molar-refractivity contribution in [1.29, 1.82) is 0 Å². The first-order chi connectivity index (χ1) is 7.54. The zero-order valence-corrected chi connectivity index (χ0v) is 9.80. The summed E-state index contributed by atoms with van der Waals surface area (Å²) in [5.41, 5.74) is 0.744. The van der Waals surface area contributed by atoms with E-state index in [0.29, 0.717) is 18.2 Å². The topological polar surface area (TPSA) is 59.4 Å². The molecule has 0 saturated heterocycles. The van der Waals surface area contributed by atoms with Gasteiger partial charge in [-0.15, -0.1) is 0 Å². The maximum Gasteiger partial charge on any atom is 0.310 e. The smallest absolute Gasteiger partial charge is 0.310 e. The van der Waals surface area contributed by atoms with Crippen LogP contribution in [0.5, 0.6) is 5.88 Å². The molecule has 0 fully saturated rings. The lowest BCUT2D eigenvalue weighted by Crippen LogP contribution is -2.14. The normalized spacial score (nSPS) is 12.5. The van der Waals surface area contributed by atoms with Crippen molar-refractivity contribution in [1.82, 2.24) is 4.98 Å². The molecule has 0 bridgehead atoms. The Morgan fingerprint density at radius 3 is 2.75 bits per heavy atom. The van der Waals surface area contributed by atoms with Gasteiger partial charge in [0, 0.05) is 12.3 Å². The standard InChI is InChI=1S/C12H17NO3/c1-8(2)6-10(12(14)15)9-4-5-13-11(7-9)16-3/h4-5,7-8,10H,6H2,1-3H3,(H,14,15). The number of carboxylic acid groups (broad SMARTS) is 1. The van der Waals surface area contributed by atoms with Crippen molar-refractivity contribution in [3.8, 4) is 5.88 Å². The van der Waals surface area contributed by atoms with E-state index >= 15 is 0 Å². The predicted molar refractivity (Wildman–Crippen MR) is 60.6 cm³/mol. The van der Waals surface area contributed by atoms with E-state index < -0.39 is 11.9 Å². The Morgan fingerprint density at radius 1 is 1.56 bits per heavy atom. The van der Waals surface area contributed by atoms with E-state index in [1.165, 1.54) is 7.11 Å². The molecule has 0 aromatic carbocycles. The van der Waals surface area contributed by atoms with E-state index in [1.54, 1.807) is 18.3 Å². The molecular formula is C12H17NO3. The highest BCUT2D eigenvalue weighted by Gasteiger charge is 2.21. The van der Waals surface area contributed by atoms with Crippen LogP contribution in [-0.4, -0.2) is 23.2 Å². The Kier molecular flexibility index (Phi) is 4.28. The summed E-state index contributed by atoms with van der Waals surface area (Å²) in [5, 5.41) is 9.18. The van der Waals surface area contributed by atoms with Gasteiger partial charge in [-0.2, -0.15) is 0 Å². The molecular weight excluding hydrogens is 206 g/mol. The van der Waals surface area contributed by atoms with Gasteiger partial charge < -0.3 is 9.84 Å². The molecule has 0 aliphatic rings. The predicted octanol–water partition coefficient (Wildman–Crippen LogP) is 2.30. The van der Waals surface area contributed by atoms with Gasteiger partial charge in [-0.3, -0.25) is 4.79 Å². The maximum atomic E-state index is 11.2. The van der Waals surface area contributed by atoms with Gasteiger partial charge in [0.1, 0.15) is 0 Å². The number of aliphatic carboxylic acids is 1. The number of hydrogen-bond donors (Lipinski definition) is 1. The monoisotopic (exact) mass is 223 g/mol. The molecule has 0 aliphatic carbocycles. The first-order valence-corrected chi connectivity index (χ1v) is 5.27. The van der Waals surface area contributed by atoms with Crippen LogP contribution in [0.25, 0.3) is 0 Å². The molecule has 1 aromatic rings. The Bertz CT molecular complexity index is 363. The zero-order chi connectivity index (χ0) is 12.1. The molecule has 1 N–H and O–H groups in total. The van der Waals surface area contributed by atoms with Crippen LogP contribution >= 0.6 is 0 Å². The average Bonchev–Trinajstić information content (AvgIpc) is 2.25. The third kappa shape index (κ3) is 3.22. The number of methoxy groups -OCH3 is 1. The lowest BCUT2D eigenvalue weighted by Gasteiger charge is -2.15. The summed E-state index contributed by atoms with van der Waals surface area (Å²) >= 11 is 0. The minimum absolute atomic E-state index is 0.334. The molecule has 1 heterocycles. The van der Waals surface area contributed by atoms with Crippen LogP contribution in [0.1, 0.15) is 31.7 Å². The lowest BCUT2D eigenvalue weighted by molar-refractivity contribution is -0.139. The molecule has 4 nitrogen and oxygen atoms in total. The number of carboxylic acids is 1. The molecule has 0 amide bonds. The number of hydrogen-bond acceptors (Lipinski definition) is 3. The van der Waals surface area contributed by atoms with Crippen LogP contribution in [0.3, 0.4) is 0 Å². The third-order valence-corrected chi connectivity index (χ3v) is 2.38. The van der Waals surface area contributed by atoms with Gasteiger partial charge in [0.25, 0.3) is 0 Å². The highest BCUT2D eigenvalue weighted by molar-refractivity contribution is 5.76. The third-order valence-electron chi connectivity index (χ3n) is 2.38. The Balaban J connectivity index is 2.96. The highest BCUT2D eigenvalue weighted by atomic mass is 16.5. The van der Waals surface area contributed by atoms with Crippen LogP contribution in [0.2, 0.25) is 0 Å². The average molecular weight is 223 g/mol. The molecule has 1 unspecified atom stereocenters. The van der Waals surface area contributed by atoms with E-state index in [0.717, 1.165) is 5.56 Å². The second-order valence-electron chi connectivity index (χ2n) is 4.15. The van der Waals surface area contributed by atoms with Gasteiger partial charge in [0.2, 0.25) is 5.88 Å². The number of pyridine rings is 1. The van der Waals surface area contributed by atoms with Crippen LogP contribution < -0.4 is 4.74 Å². The molecule has 1 atom stereocenters. The van der Waals surface area contributed by atoms with Crippen molar-refractivity contribution in [3.05, 3.63) is 23.9 Å². The largest absolute Gasteiger partial charge is 0.481 e. The summed E-state index contributed by atoms with van der Waals surface area (Å²) in [6, 6.07) is 3.41. The van der Waals surface area contributed by atoms with Crippen molar-refractivity contribution < 1.29 is 14.6 Å². The van der Waals surface area contributed by atoms with Gasteiger partial charge in [0.15, 0.2) is 0 Å². The summed E-state index contributed by atoms with van der Waals surface area (Å²) in [6.45, 7) is 4.02. The Labute approximate surface area is 95.3 Å². The van der Waals surface area contributed by atoms with Crippen LogP contribution in [-0.2, 0) is 4.79 Å². The van der Waals surface area contributed by atoms with E-state index in [4.69, 9.17) is 4.74 Å². The molecule has 16 heavy (non-hydrogen) atoms. The first-order valence-electron chi connectivity index (χ1n) is 5.27. The van der Waals surface area contributed by atoms with Crippen LogP contribution in [0, 0.1) is 5.92 Å². The first kappa shape index (κ1) is 12.5. The van der Waals surface area contributed by atoms with Crippen molar-refractivity contribution in [2.24, 2.45) is 5.92 Å². The van der Waals surface area contributed by atoms with Crippen LogP contribution in [0.4, 0.5) is 0 Å². The minimum Gasteiger partial charge on any atom is -0.481 e. The molecule has 88 valence electrons. The number of carbonyl (C=O) groups is 1. The second-order valence-corrected chi connectivity index (χ2v) is 4.15. The van der Waals surface area contributed by atoms with Crippen molar-refractivity contribution >= 4 is 5.97 Å². The molecule has 0 radical (unpaired) electrons. The molecule has 1 aromatic heterocycles. The zero-order valence-electron chi connectivity index (χ0n) is 9.80. The van der Waals surface area contributed by atoms with Gasteiger partial charge in [0.05, 0.1) is 13.0 Å². The quantitative estimate of drug-likeness (QED) is 0.832. The number of ether oxygens (including phenoxy) is 1. The van der Waals surface area contributed by atoms with Crippen molar-refractivity contribution in [2.75, 3.05) is 7.11 Å². The van der Waals surface area contributed by atoms with Gasteiger partial charge >= 0.3 is 5.97 Å². The fourth-order valence-electron chi connectivity index (χ4n) is 1.60. The van der Waals surface area contributed by atoms with Crippen molar-refractivity contribution in [2.45, 2.75) is 26.2 Å². The maximum absolute atomic E-state index is 11.2. The van der Waals surface area contributed by atoms with Gasteiger partial charge in [-0.25, -0.2) is 4.98 Å². The summed E-state index contributed by atoms with van der Waals surface area (Å²) < 4.78 is 4.99. The summed E-state index contributed by atoms with van der Waals surface area (Å²) in [5.74, 6) is -0.508. The van der Waals surface area contributed by atoms with E-state index in [9.17, 15) is 9.90 Å². The molecule has 1 rings (SSSR count). The number of aromatic nitrogens is 1. The Hall–Kier alpha value is -1.58. The molecule has 0 saturated carbocycles. The highest BCUT2D eigenvalue weighted by Crippen LogP contribution is 2.25. The van der Waals surface area contributed by atoms with Gasteiger partial charge in [-0.1, -0.05) is 13.8 Å². The summed E-state index contributed by atoms with van der Waals surface area (Å²) in [6.07, 6.45) is 2.19. The molecule has 0 spiro atoms. The van der Waals surface area contributed by atoms with E-state index in [-0.39, 0.29) is 0 Å². The minimum atomic E-state index is -0.804. The fourth-order valence-corrected chi connectivity index (χ4v) is 1.60. The second kappa shape index (κ2) is 5.49. The summed E-state index contributed by atoms with van der Waals surface area (Å²) in [4.78, 5) is 15.1.